The quantitative estimate of drug-likeness (QED) is 0.290. The summed E-state index contributed by atoms with van der Waals surface area (Å²) < 4.78 is 10.6. The van der Waals surface area contributed by atoms with E-state index >= 15 is 0 Å². The number of nitro groups is 1. The van der Waals surface area contributed by atoms with Gasteiger partial charge in [-0.1, -0.05) is 12.1 Å². The number of rotatable bonds is 7. The molecule has 0 aliphatic rings. The van der Waals surface area contributed by atoms with Gasteiger partial charge < -0.3 is 9.47 Å². The van der Waals surface area contributed by atoms with Gasteiger partial charge >= 0.3 is 17.5 Å². The van der Waals surface area contributed by atoms with Crippen LogP contribution in [0.15, 0.2) is 59.3 Å². The smallest absolute Gasteiger partial charge is 0.374 e. The minimum atomic E-state index is -0.745. The molecule has 1 aromatic heterocycles. The second-order valence-corrected chi connectivity index (χ2v) is 6.66. The van der Waals surface area contributed by atoms with E-state index in [4.69, 9.17) is 4.74 Å². The maximum atomic E-state index is 12.3. The molecule has 2 N–H and O–H groups in total. The van der Waals surface area contributed by atoms with Crippen LogP contribution >= 0.6 is 15.9 Å². The number of amides is 1. The van der Waals surface area contributed by atoms with Crippen molar-refractivity contribution in [1.82, 2.24) is 15.4 Å². The second-order valence-electron chi connectivity index (χ2n) is 5.81. The van der Waals surface area contributed by atoms with Gasteiger partial charge in [0, 0.05) is 4.47 Å². The van der Waals surface area contributed by atoms with Crippen molar-refractivity contribution >= 4 is 39.3 Å². The fraction of sp³-hybridized carbons (Fsp3) is 0.0526. The number of aromatic nitrogens is 2. The summed E-state index contributed by atoms with van der Waals surface area (Å²) >= 11 is 3.26. The maximum Gasteiger partial charge on any atom is 0.374 e. The Bertz CT molecular complexity index is 1140. The van der Waals surface area contributed by atoms with Crippen LogP contribution in [0, 0.1) is 10.1 Å². The number of carbonyl (C=O) groups excluding carboxylic acids is 2. The van der Waals surface area contributed by atoms with Gasteiger partial charge in [0.2, 0.25) is 5.82 Å². The first-order valence-corrected chi connectivity index (χ1v) is 9.36. The topological polar surface area (TPSA) is 146 Å². The summed E-state index contributed by atoms with van der Waals surface area (Å²) in [5.41, 5.74) is 4.78. The standard InChI is InChI=1S/C19H14BrN5O6/c1-30-19(27)11-6-8-12(9-7-11)31-18-15(25(28)29)16(21-10-22-18)23-24-17(26)13-4-2-3-5-14(13)20/h2-10H,1H3,(H,24,26)(H,21,22,23). The summed E-state index contributed by atoms with van der Waals surface area (Å²) in [4.78, 5) is 42.3. The van der Waals surface area contributed by atoms with Gasteiger partial charge in [0.15, 0.2) is 0 Å². The summed E-state index contributed by atoms with van der Waals surface area (Å²) in [5.74, 6) is -1.52. The van der Waals surface area contributed by atoms with Gasteiger partial charge in [-0.15, -0.1) is 0 Å². The van der Waals surface area contributed by atoms with Gasteiger partial charge in [0.1, 0.15) is 12.1 Å². The largest absolute Gasteiger partial charge is 0.465 e. The predicted molar refractivity (Wildman–Crippen MR) is 112 cm³/mol. The summed E-state index contributed by atoms with van der Waals surface area (Å²) in [6, 6.07) is 12.4. The molecule has 0 aliphatic carbocycles. The van der Waals surface area contributed by atoms with E-state index in [0.717, 1.165) is 6.33 Å². The Morgan fingerprint density at radius 1 is 1.10 bits per heavy atom. The molecule has 2 aromatic carbocycles. The zero-order valence-electron chi connectivity index (χ0n) is 15.9. The Morgan fingerprint density at radius 3 is 2.45 bits per heavy atom. The first-order chi connectivity index (χ1) is 14.9. The molecule has 0 unspecified atom stereocenters. The van der Waals surface area contributed by atoms with Crippen molar-refractivity contribution in [3.63, 3.8) is 0 Å². The molecule has 11 nitrogen and oxygen atoms in total. The lowest BCUT2D eigenvalue weighted by molar-refractivity contribution is -0.385. The number of benzene rings is 2. The lowest BCUT2D eigenvalue weighted by atomic mass is 10.2. The van der Waals surface area contributed by atoms with Crippen LogP contribution in [-0.2, 0) is 4.74 Å². The van der Waals surface area contributed by atoms with E-state index in [2.05, 4.69) is 41.5 Å². The molecule has 0 fully saturated rings. The number of ether oxygens (including phenoxy) is 2. The third kappa shape index (κ3) is 5.11. The highest BCUT2D eigenvalue weighted by Crippen LogP contribution is 2.33. The molecule has 1 heterocycles. The molecule has 12 heteroatoms. The number of hydrogen-bond acceptors (Lipinski definition) is 9. The van der Waals surface area contributed by atoms with Crippen molar-refractivity contribution in [3.8, 4) is 11.6 Å². The minimum Gasteiger partial charge on any atom is -0.465 e. The van der Waals surface area contributed by atoms with Crippen molar-refractivity contribution < 1.29 is 24.0 Å². The van der Waals surface area contributed by atoms with Crippen LogP contribution in [0.3, 0.4) is 0 Å². The Balaban J connectivity index is 1.81. The number of anilines is 1. The molecule has 31 heavy (non-hydrogen) atoms. The number of halogens is 1. The molecule has 0 atom stereocenters. The fourth-order valence-electron chi connectivity index (χ4n) is 2.41. The summed E-state index contributed by atoms with van der Waals surface area (Å²) in [6.45, 7) is 0. The molecule has 0 saturated heterocycles. The molecule has 0 radical (unpaired) electrons. The van der Waals surface area contributed by atoms with Crippen molar-refractivity contribution in [1.29, 1.82) is 0 Å². The summed E-state index contributed by atoms with van der Waals surface area (Å²) in [6.07, 6.45) is 1.04. The Morgan fingerprint density at radius 2 is 1.81 bits per heavy atom. The molecular formula is C19H14BrN5O6. The van der Waals surface area contributed by atoms with Crippen molar-refractivity contribution in [2.75, 3.05) is 12.5 Å². The van der Waals surface area contributed by atoms with Gasteiger partial charge in [0.25, 0.3) is 5.91 Å². The average molecular weight is 488 g/mol. The van der Waals surface area contributed by atoms with Crippen LogP contribution in [0.25, 0.3) is 0 Å². The average Bonchev–Trinajstić information content (AvgIpc) is 2.77. The number of nitrogens with one attached hydrogen (secondary N) is 2. The van der Waals surface area contributed by atoms with Crippen LogP contribution in [0.1, 0.15) is 20.7 Å². The zero-order valence-corrected chi connectivity index (χ0v) is 17.5. The van der Waals surface area contributed by atoms with Crippen LogP contribution in [0.2, 0.25) is 0 Å². The lowest BCUT2D eigenvalue weighted by Gasteiger charge is -2.11. The Hall–Kier alpha value is -4.06. The lowest BCUT2D eigenvalue weighted by Crippen LogP contribution is -2.30. The van der Waals surface area contributed by atoms with E-state index < -0.39 is 22.5 Å². The Labute approximate surface area is 183 Å². The Kier molecular flexibility index (Phi) is 6.72. The predicted octanol–water partition coefficient (Wildman–Crippen LogP) is 3.48. The fourth-order valence-corrected chi connectivity index (χ4v) is 2.88. The first kappa shape index (κ1) is 21.6. The molecule has 3 rings (SSSR count). The number of esters is 1. The van der Waals surface area contributed by atoms with Gasteiger partial charge in [-0.05, 0) is 52.3 Å². The van der Waals surface area contributed by atoms with Crippen LogP contribution in [0.5, 0.6) is 11.6 Å². The highest BCUT2D eigenvalue weighted by Gasteiger charge is 2.26. The van der Waals surface area contributed by atoms with Crippen LogP contribution in [0.4, 0.5) is 11.5 Å². The van der Waals surface area contributed by atoms with Crippen LogP contribution in [-0.4, -0.2) is 33.9 Å². The van der Waals surface area contributed by atoms with Gasteiger partial charge in [-0.25, -0.2) is 9.78 Å². The first-order valence-electron chi connectivity index (χ1n) is 8.57. The number of nitrogens with zero attached hydrogens (tertiary/aromatic N) is 3. The summed E-state index contributed by atoms with van der Waals surface area (Å²) in [7, 11) is 1.25. The van der Waals surface area contributed by atoms with Crippen LogP contribution < -0.4 is 15.6 Å². The van der Waals surface area contributed by atoms with Gasteiger partial charge in [-0.2, -0.15) is 4.98 Å². The van der Waals surface area contributed by atoms with Crippen molar-refractivity contribution in [2.24, 2.45) is 0 Å². The molecule has 0 spiro atoms. The number of methoxy groups -OCH3 is 1. The minimum absolute atomic E-state index is 0.192. The second kappa shape index (κ2) is 9.63. The third-order valence-corrected chi connectivity index (χ3v) is 4.57. The molecule has 1 amide bonds. The van der Waals surface area contributed by atoms with Gasteiger partial charge in [-0.3, -0.25) is 25.8 Å². The van der Waals surface area contributed by atoms with E-state index in [9.17, 15) is 19.7 Å². The maximum absolute atomic E-state index is 12.3. The van der Waals surface area contributed by atoms with E-state index in [1.807, 2.05) is 0 Å². The highest BCUT2D eigenvalue weighted by molar-refractivity contribution is 9.10. The monoisotopic (exact) mass is 487 g/mol. The number of carbonyl (C=O) groups is 2. The van der Waals surface area contributed by atoms with Gasteiger partial charge in [0.05, 0.1) is 23.2 Å². The number of hydrogen-bond donors (Lipinski definition) is 2. The zero-order chi connectivity index (χ0) is 22.4. The molecule has 0 bridgehead atoms. The van der Waals surface area contributed by atoms with E-state index in [-0.39, 0.29) is 23.0 Å². The van der Waals surface area contributed by atoms with E-state index in [1.165, 1.54) is 31.4 Å². The SMILES string of the molecule is COC(=O)c1ccc(Oc2ncnc(NNC(=O)c3ccccc3Br)c2[N+](=O)[O-])cc1. The molecular weight excluding hydrogens is 474 g/mol. The molecule has 0 aliphatic heterocycles. The number of hydrazine groups is 1. The molecule has 0 saturated carbocycles. The van der Waals surface area contributed by atoms with E-state index in [1.54, 1.807) is 24.3 Å². The van der Waals surface area contributed by atoms with E-state index in [0.29, 0.717) is 10.0 Å². The molecule has 3 aromatic rings. The normalized spacial score (nSPS) is 10.1. The highest BCUT2D eigenvalue weighted by atomic mass is 79.9. The van der Waals surface area contributed by atoms with Crippen molar-refractivity contribution in [3.05, 3.63) is 80.6 Å². The summed E-state index contributed by atoms with van der Waals surface area (Å²) in [5, 5.41) is 11.6. The third-order valence-electron chi connectivity index (χ3n) is 3.87. The van der Waals surface area contributed by atoms with Crippen molar-refractivity contribution in [2.45, 2.75) is 0 Å². The molecule has 158 valence electrons.